The molecule has 0 fully saturated rings. The van der Waals surface area contributed by atoms with Gasteiger partial charge in [-0.05, 0) is 24.3 Å². The second-order valence-corrected chi connectivity index (χ2v) is 5.15. The molecule has 2 heterocycles. The summed E-state index contributed by atoms with van der Waals surface area (Å²) >= 11 is 0. The van der Waals surface area contributed by atoms with Crippen LogP contribution in [0.5, 0.6) is 0 Å². The van der Waals surface area contributed by atoms with E-state index in [1.165, 1.54) is 30.5 Å². The Hall–Kier alpha value is -3.43. The van der Waals surface area contributed by atoms with Crippen molar-refractivity contribution < 1.29 is 9.18 Å². The fourth-order valence-corrected chi connectivity index (χ4v) is 2.19. The minimum absolute atomic E-state index is 0.0567. The van der Waals surface area contributed by atoms with Crippen LogP contribution >= 0.6 is 0 Å². The van der Waals surface area contributed by atoms with E-state index in [0.29, 0.717) is 5.52 Å². The third-order valence-electron chi connectivity index (χ3n) is 3.41. The number of fused-ring (bicyclic) bond motifs is 1. The van der Waals surface area contributed by atoms with Crippen LogP contribution in [0.25, 0.3) is 10.9 Å². The van der Waals surface area contributed by atoms with Crippen molar-refractivity contribution in [2.45, 2.75) is 13.1 Å². The second-order valence-electron chi connectivity index (χ2n) is 5.15. The molecule has 0 aliphatic heterocycles. The van der Waals surface area contributed by atoms with E-state index in [1.807, 2.05) is 0 Å². The fraction of sp³-hybridized carbons (Fsp3) is 0.200. The van der Waals surface area contributed by atoms with Gasteiger partial charge in [-0.2, -0.15) is 5.10 Å². The van der Waals surface area contributed by atoms with Gasteiger partial charge in [0.15, 0.2) is 0 Å². The molecule has 0 atom stereocenters. The number of aromatic nitrogens is 5. The predicted molar refractivity (Wildman–Crippen MR) is 85.3 cm³/mol. The number of nitrogens with zero attached hydrogens (tertiary/aromatic N) is 5. The number of nitrogens with one attached hydrogen (secondary N) is 1. The lowest BCUT2D eigenvalue weighted by atomic mass is 10.2. The highest BCUT2D eigenvalue weighted by Crippen LogP contribution is 2.07. The standard InChI is InChI=1S/C15H13FN6O3/c16-10-3-4-12-11(8-10)15(25)21(20-19-12)7-6-17-13(23)9-22-14(24)2-1-5-18-22/h1-5,8H,6-7,9H2,(H,17,23). The number of hydrogen-bond acceptors (Lipinski definition) is 6. The Morgan fingerprint density at radius 2 is 2.04 bits per heavy atom. The zero-order valence-corrected chi connectivity index (χ0v) is 12.9. The summed E-state index contributed by atoms with van der Waals surface area (Å²) in [7, 11) is 0. The summed E-state index contributed by atoms with van der Waals surface area (Å²) in [4.78, 5) is 35.5. The Balaban J connectivity index is 1.64. The van der Waals surface area contributed by atoms with E-state index in [9.17, 15) is 18.8 Å². The highest BCUT2D eigenvalue weighted by molar-refractivity contribution is 5.76. The fourth-order valence-electron chi connectivity index (χ4n) is 2.19. The van der Waals surface area contributed by atoms with Gasteiger partial charge in [0, 0.05) is 18.8 Å². The molecule has 10 heteroatoms. The Kier molecular flexibility index (Phi) is 4.59. The highest BCUT2D eigenvalue weighted by Gasteiger charge is 2.08. The summed E-state index contributed by atoms with van der Waals surface area (Å²) in [5, 5.41) is 14.0. The SMILES string of the molecule is O=C(Cn1ncccc1=O)NCCn1nnc2ccc(F)cc2c1=O. The van der Waals surface area contributed by atoms with E-state index in [0.717, 1.165) is 15.4 Å². The van der Waals surface area contributed by atoms with Crippen LogP contribution < -0.4 is 16.4 Å². The molecule has 0 radical (unpaired) electrons. The number of halogens is 1. The highest BCUT2D eigenvalue weighted by atomic mass is 19.1. The number of benzene rings is 1. The van der Waals surface area contributed by atoms with Gasteiger partial charge in [0.25, 0.3) is 11.1 Å². The van der Waals surface area contributed by atoms with E-state index in [-0.39, 0.29) is 25.0 Å². The van der Waals surface area contributed by atoms with Gasteiger partial charge in [-0.1, -0.05) is 5.21 Å². The molecule has 0 spiro atoms. The molecule has 3 rings (SSSR count). The molecule has 1 amide bonds. The lowest BCUT2D eigenvalue weighted by Crippen LogP contribution is -2.36. The first-order valence-electron chi connectivity index (χ1n) is 7.36. The summed E-state index contributed by atoms with van der Waals surface area (Å²) in [5.41, 5.74) is -0.600. The van der Waals surface area contributed by atoms with Crippen molar-refractivity contribution >= 4 is 16.8 Å². The van der Waals surface area contributed by atoms with Crippen LogP contribution in [0.2, 0.25) is 0 Å². The van der Waals surface area contributed by atoms with Crippen LogP contribution in [0.4, 0.5) is 4.39 Å². The third-order valence-corrected chi connectivity index (χ3v) is 3.41. The average Bonchev–Trinajstić information content (AvgIpc) is 2.59. The molecule has 0 saturated carbocycles. The molecule has 0 aliphatic carbocycles. The molecular weight excluding hydrogens is 331 g/mol. The number of hydrogen-bond donors (Lipinski definition) is 1. The van der Waals surface area contributed by atoms with Crippen LogP contribution in [0.15, 0.2) is 46.1 Å². The van der Waals surface area contributed by atoms with Crippen LogP contribution in [0.1, 0.15) is 0 Å². The van der Waals surface area contributed by atoms with Crippen molar-refractivity contribution in [2.24, 2.45) is 0 Å². The summed E-state index contributed by atoms with van der Waals surface area (Å²) in [5.74, 6) is -0.980. The number of amides is 1. The number of carbonyl (C=O) groups is 1. The van der Waals surface area contributed by atoms with Crippen LogP contribution in [-0.2, 0) is 17.9 Å². The summed E-state index contributed by atoms with van der Waals surface area (Å²) in [6.45, 7) is -0.0832. The van der Waals surface area contributed by atoms with Gasteiger partial charge in [-0.15, -0.1) is 5.10 Å². The summed E-state index contributed by atoms with van der Waals surface area (Å²) in [6, 6.07) is 6.43. The van der Waals surface area contributed by atoms with Gasteiger partial charge in [-0.3, -0.25) is 14.4 Å². The summed E-state index contributed by atoms with van der Waals surface area (Å²) < 4.78 is 15.3. The smallest absolute Gasteiger partial charge is 0.277 e. The maximum atomic E-state index is 13.3. The monoisotopic (exact) mass is 344 g/mol. The molecule has 0 aliphatic rings. The predicted octanol–water partition coefficient (Wildman–Crippen LogP) is -0.696. The lowest BCUT2D eigenvalue weighted by molar-refractivity contribution is -0.121. The largest absolute Gasteiger partial charge is 0.353 e. The van der Waals surface area contributed by atoms with E-state index < -0.39 is 22.8 Å². The quantitative estimate of drug-likeness (QED) is 0.655. The number of rotatable bonds is 5. The molecule has 0 saturated heterocycles. The molecule has 1 N–H and O–H groups in total. The van der Waals surface area contributed by atoms with Gasteiger partial charge >= 0.3 is 0 Å². The van der Waals surface area contributed by atoms with Gasteiger partial charge in [-0.25, -0.2) is 13.8 Å². The van der Waals surface area contributed by atoms with Crippen molar-refractivity contribution in [3.05, 3.63) is 63.1 Å². The molecule has 2 aromatic heterocycles. The van der Waals surface area contributed by atoms with Crippen molar-refractivity contribution in [2.75, 3.05) is 6.54 Å². The lowest BCUT2D eigenvalue weighted by Gasteiger charge is -2.07. The molecule has 0 bridgehead atoms. The number of carbonyl (C=O) groups excluding carboxylic acids is 1. The van der Waals surface area contributed by atoms with Crippen LogP contribution in [-0.4, -0.2) is 37.2 Å². The maximum Gasteiger partial charge on any atom is 0.277 e. The molecule has 0 unspecified atom stereocenters. The summed E-state index contributed by atoms with van der Waals surface area (Å²) in [6.07, 6.45) is 1.40. The van der Waals surface area contributed by atoms with Crippen LogP contribution in [0.3, 0.4) is 0 Å². The van der Waals surface area contributed by atoms with Gasteiger partial charge in [0.05, 0.1) is 11.9 Å². The third kappa shape index (κ3) is 3.74. The zero-order chi connectivity index (χ0) is 17.8. The first kappa shape index (κ1) is 16.4. The molecule has 128 valence electrons. The normalized spacial score (nSPS) is 10.8. The van der Waals surface area contributed by atoms with E-state index in [2.05, 4.69) is 20.7 Å². The molecule has 1 aromatic carbocycles. The molecule has 9 nitrogen and oxygen atoms in total. The first-order chi connectivity index (χ1) is 12.0. The van der Waals surface area contributed by atoms with Crippen molar-refractivity contribution in [1.82, 2.24) is 30.1 Å². The zero-order valence-electron chi connectivity index (χ0n) is 12.9. The minimum Gasteiger partial charge on any atom is -0.353 e. The van der Waals surface area contributed by atoms with E-state index in [1.54, 1.807) is 0 Å². The molecular formula is C15H13FN6O3. The Morgan fingerprint density at radius 3 is 2.84 bits per heavy atom. The maximum absolute atomic E-state index is 13.3. The minimum atomic E-state index is -0.543. The van der Waals surface area contributed by atoms with Gasteiger partial charge in [0.2, 0.25) is 5.91 Å². The van der Waals surface area contributed by atoms with Gasteiger partial charge < -0.3 is 5.32 Å². The average molecular weight is 344 g/mol. The van der Waals surface area contributed by atoms with Crippen molar-refractivity contribution in [3.8, 4) is 0 Å². The Morgan fingerprint density at radius 1 is 1.20 bits per heavy atom. The Labute approximate surface area is 139 Å². The Bertz CT molecular complexity index is 1050. The molecule has 3 aromatic rings. The molecule has 25 heavy (non-hydrogen) atoms. The first-order valence-corrected chi connectivity index (χ1v) is 7.36. The topological polar surface area (TPSA) is 112 Å². The van der Waals surface area contributed by atoms with Crippen molar-refractivity contribution in [3.63, 3.8) is 0 Å². The van der Waals surface area contributed by atoms with Crippen LogP contribution in [0, 0.1) is 5.82 Å². The van der Waals surface area contributed by atoms with Crippen molar-refractivity contribution in [1.29, 1.82) is 0 Å². The van der Waals surface area contributed by atoms with Gasteiger partial charge in [0.1, 0.15) is 17.9 Å². The second kappa shape index (κ2) is 6.99. The van der Waals surface area contributed by atoms with E-state index in [4.69, 9.17) is 0 Å². The van der Waals surface area contributed by atoms with E-state index >= 15 is 0 Å².